The lowest BCUT2D eigenvalue weighted by molar-refractivity contribution is 0.105. The fraction of sp³-hybridized carbons (Fsp3) is 0.700. The summed E-state index contributed by atoms with van der Waals surface area (Å²) in [6.07, 6.45) is 5.19. The molecule has 0 bridgehead atoms. The fourth-order valence-electron chi connectivity index (χ4n) is 1.70. The zero-order valence-electron chi connectivity index (χ0n) is 8.45. The van der Waals surface area contributed by atoms with Crippen molar-refractivity contribution in [2.75, 3.05) is 13.7 Å². The van der Waals surface area contributed by atoms with Gasteiger partial charge in [-0.15, -0.1) is 0 Å². The lowest BCUT2D eigenvalue weighted by atomic mass is 10.2. The van der Waals surface area contributed by atoms with Gasteiger partial charge in [-0.05, 0) is 19.9 Å². The van der Waals surface area contributed by atoms with Crippen LogP contribution in [0, 0.1) is 0 Å². The molecule has 1 unspecified atom stereocenters. The number of aromatic nitrogens is 1. The summed E-state index contributed by atoms with van der Waals surface area (Å²) in [7, 11) is 1.89. The highest BCUT2D eigenvalue weighted by Gasteiger charge is 2.18. The van der Waals surface area contributed by atoms with Crippen molar-refractivity contribution in [3.63, 3.8) is 0 Å². The Morgan fingerprint density at radius 3 is 3.29 bits per heavy atom. The first-order chi connectivity index (χ1) is 6.88. The van der Waals surface area contributed by atoms with E-state index in [1.54, 1.807) is 6.20 Å². The normalized spacial score (nSPS) is 21.6. The van der Waals surface area contributed by atoms with E-state index in [-0.39, 0.29) is 0 Å². The van der Waals surface area contributed by atoms with Crippen molar-refractivity contribution in [1.29, 1.82) is 0 Å². The fourth-order valence-corrected chi connectivity index (χ4v) is 1.70. The molecule has 1 aromatic rings. The number of hydrogen-bond acceptors (Lipinski definition) is 4. The van der Waals surface area contributed by atoms with E-state index in [9.17, 15) is 0 Å². The van der Waals surface area contributed by atoms with Gasteiger partial charge in [0.15, 0.2) is 5.89 Å². The molecule has 0 radical (unpaired) electrons. The van der Waals surface area contributed by atoms with Crippen molar-refractivity contribution >= 4 is 0 Å². The minimum Gasteiger partial charge on any atom is -0.444 e. The molecule has 78 valence electrons. The first-order valence-corrected chi connectivity index (χ1v) is 5.08. The number of nitrogens with zero attached hydrogens (tertiary/aromatic N) is 1. The van der Waals surface area contributed by atoms with Crippen LogP contribution in [0.15, 0.2) is 10.6 Å². The van der Waals surface area contributed by atoms with Crippen LogP contribution in [0.2, 0.25) is 0 Å². The monoisotopic (exact) mass is 196 g/mol. The Morgan fingerprint density at radius 2 is 2.57 bits per heavy atom. The summed E-state index contributed by atoms with van der Waals surface area (Å²) < 4.78 is 11.0. The van der Waals surface area contributed by atoms with Crippen LogP contribution in [0.4, 0.5) is 0 Å². The molecule has 4 nitrogen and oxygen atoms in total. The van der Waals surface area contributed by atoms with Crippen LogP contribution in [-0.4, -0.2) is 24.7 Å². The lowest BCUT2D eigenvalue weighted by Crippen LogP contribution is -2.08. The number of ether oxygens (including phenoxy) is 1. The van der Waals surface area contributed by atoms with E-state index in [1.807, 2.05) is 7.05 Å². The highest BCUT2D eigenvalue weighted by Crippen LogP contribution is 2.17. The van der Waals surface area contributed by atoms with Gasteiger partial charge >= 0.3 is 0 Å². The molecule has 1 fully saturated rings. The van der Waals surface area contributed by atoms with Crippen molar-refractivity contribution in [3.05, 3.63) is 17.8 Å². The Labute approximate surface area is 83.7 Å². The van der Waals surface area contributed by atoms with Crippen LogP contribution in [0.25, 0.3) is 0 Å². The van der Waals surface area contributed by atoms with E-state index in [1.165, 1.54) is 0 Å². The summed E-state index contributed by atoms with van der Waals surface area (Å²) in [4.78, 5) is 4.21. The SMILES string of the molecule is CNCc1cnc(CC2CCCO2)o1. The van der Waals surface area contributed by atoms with E-state index in [4.69, 9.17) is 9.15 Å². The molecule has 1 aliphatic heterocycles. The second kappa shape index (κ2) is 4.57. The standard InChI is InChI=1S/C10H16N2O2/c1-11-6-9-7-12-10(14-9)5-8-3-2-4-13-8/h7-8,11H,2-6H2,1H3. The van der Waals surface area contributed by atoms with Gasteiger partial charge in [0.05, 0.1) is 25.3 Å². The first-order valence-electron chi connectivity index (χ1n) is 5.08. The molecule has 2 heterocycles. The maximum Gasteiger partial charge on any atom is 0.197 e. The molecule has 4 heteroatoms. The van der Waals surface area contributed by atoms with E-state index in [0.717, 1.165) is 44.1 Å². The van der Waals surface area contributed by atoms with Crippen molar-refractivity contribution in [2.24, 2.45) is 0 Å². The molecule has 1 N–H and O–H groups in total. The molecular formula is C10H16N2O2. The highest BCUT2D eigenvalue weighted by molar-refractivity contribution is 4.95. The number of hydrogen-bond donors (Lipinski definition) is 1. The predicted octanol–water partition coefficient (Wildman–Crippen LogP) is 1.12. The van der Waals surface area contributed by atoms with Gasteiger partial charge in [-0.2, -0.15) is 0 Å². The average Bonchev–Trinajstić information content (AvgIpc) is 2.79. The van der Waals surface area contributed by atoms with Crippen molar-refractivity contribution in [1.82, 2.24) is 10.3 Å². The second-order valence-corrected chi connectivity index (χ2v) is 3.59. The zero-order valence-corrected chi connectivity index (χ0v) is 8.45. The molecule has 0 saturated carbocycles. The summed E-state index contributed by atoms with van der Waals surface area (Å²) in [6, 6.07) is 0. The molecule has 1 aliphatic rings. The van der Waals surface area contributed by atoms with Gasteiger partial charge in [-0.1, -0.05) is 0 Å². The Morgan fingerprint density at radius 1 is 1.64 bits per heavy atom. The molecule has 14 heavy (non-hydrogen) atoms. The van der Waals surface area contributed by atoms with Crippen molar-refractivity contribution in [2.45, 2.75) is 31.9 Å². The average molecular weight is 196 g/mol. The smallest absolute Gasteiger partial charge is 0.197 e. The molecule has 0 amide bonds. The second-order valence-electron chi connectivity index (χ2n) is 3.59. The molecular weight excluding hydrogens is 180 g/mol. The molecule has 0 aromatic carbocycles. The minimum absolute atomic E-state index is 0.316. The van der Waals surface area contributed by atoms with Gasteiger partial charge in [-0.25, -0.2) is 4.98 Å². The summed E-state index contributed by atoms with van der Waals surface area (Å²) in [5.74, 6) is 1.68. The maximum absolute atomic E-state index is 5.53. The third kappa shape index (κ3) is 2.33. The third-order valence-corrected chi connectivity index (χ3v) is 2.38. The van der Waals surface area contributed by atoms with Crippen LogP contribution in [0.1, 0.15) is 24.5 Å². The van der Waals surface area contributed by atoms with E-state index >= 15 is 0 Å². The van der Waals surface area contributed by atoms with Gasteiger partial charge < -0.3 is 14.5 Å². The van der Waals surface area contributed by atoms with Gasteiger partial charge in [0.25, 0.3) is 0 Å². The zero-order chi connectivity index (χ0) is 9.80. The highest BCUT2D eigenvalue weighted by atomic mass is 16.5. The largest absolute Gasteiger partial charge is 0.444 e. The van der Waals surface area contributed by atoms with Crippen molar-refractivity contribution < 1.29 is 9.15 Å². The molecule has 1 aromatic heterocycles. The quantitative estimate of drug-likeness (QED) is 0.783. The van der Waals surface area contributed by atoms with Gasteiger partial charge in [0.2, 0.25) is 0 Å². The Bertz CT molecular complexity index is 279. The van der Waals surface area contributed by atoms with Gasteiger partial charge in [0.1, 0.15) is 5.76 Å². The van der Waals surface area contributed by atoms with Crippen LogP contribution < -0.4 is 5.32 Å². The third-order valence-electron chi connectivity index (χ3n) is 2.38. The number of nitrogens with one attached hydrogen (secondary N) is 1. The topological polar surface area (TPSA) is 47.3 Å². The van der Waals surface area contributed by atoms with Crippen LogP contribution in [0.3, 0.4) is 0 Å². The van der Waals surface area contributed by atoms with Crippen LogP contribution in [0.5, 0.6) is 0 Å². The molecule has 1 atom stereocenters. The van der Waals surface area contributed by atoms with E-state index in [0.29, 0.717) is 6.10 Å². The molecule has 1 saturated heterocycles. The Hall–Kier alpha value is -0.870. The predicted molar refractivity (Wildman–Crippen MR) is 51.9 cm³/mol. The molecule has 0 spiro atoms. The Kier molecular flexibility index (Phi) is 3.16. The maximum atomic E-state index is 5.53. The van der Waals surface area contributed by atoms with Crippen molar-refractivity contribution in [3.8, 4) is 0 Å². The van der Waals surface area contributed by atoms with E-state index < -0.39 is 0 Å². The van der Waals surface area contributed by atoms with E-state index in [2.05, 4.69) is 10.3 Å². The summed E-state index contributed by atoms with van der Waals surface area (Å²) in [6.45, 7) is 1.62. The molecule has 0 aliphatic carbocycles. The summed E-state index contributed by atoms with van der Waals surface area (Å²) >= 11 is 0. The summed E-state index contributed by atoms with van der Waals surface area (Å²) in [5.41, 5.74) is 0. The van der Waals surface area contributed by atoms with Gasteiger partial charge in [0, 0.05) is 6.61 Å². The Balaban J connectivity index is 1.88. The minimum atomic E-state index is 0.316. The first kappa shape index (κ1) is 9.68. The number of oxazole rings is 1. The van der Waals surface area contributed by atoms with Gasteiger partial charge in [-0.3, -0.25) is 0 Å². The van der Waals surface area contributed by atoms with Crippen LogP contribution >= 0.6 is 0 Å². The molecule has 2 rings (SSSR count). The summed E-state index contributed by atoms with van der Waals surface area (Å²) in [5, 5.41) is 3.03. The lowest BCUT2D eigenvalue weighted by Gasteiger charge is -2.04. The van der Waals surface area contributed by atoms with Crippen LogP contribution in [-0.2, 0) is 17.7 Å². The number of rotatable bonds is 4.